The molecule has 5 nitrogen and oxygen atoms in total. The van der Waals surface area contributed by atoms with Crippen molar-refractivity contribution in [3.05, 3.63) is 0 Å². The van der Waals surface area contributed by atoms with E-state index in [4.69, 9.17) is 5.26 Å². The predicted octanol–water partition coefficient (Wildman–Crippen LogP) is 0.978. The van der Waals surface area contributed by atoms with Gasteiger partial charge in [0.1, 0.15) is 12.2 Å². The summed E-state index contributed by atoms with van der Waals surface area (Å²) in [5.41, 5.74) is -0.0951. The van der Waals surface area contributed by atoms with Gasteiger partial charge < -0.3 is 15.3 Å². The number of nitrogens with zero attached hydrogens (tertiary/aromatic N) is 2. The lowest BCUT2D eigenvalue weighted by molar-refractivity contribution is -0.130. The van der Waals surface area contributed by atoms with E-state index in [9.17, 15) is 14.3 Å². The van der Waals surface area contributed by atoms with Crippen LogP contribution in [0.25, 0.3) is 0 Å². The molecule has 3 fully saturated rings. The Kier molecular flexibility index (Phi) is 4.13. The third-order valence-electron chi connectivity index (χ3n) is 5.63. The number of amides is 1. The number of halogens is 1. The molecular formula is C16H24FN3O2. The third-order valence-corrected chi connectivity index (χ3v) is 5.63. The van der Waals surface area contributed by atoms with Crippen molar-refractivity contribution in [1.82, 2.24) is 10.2 Å². The van der Waals surface area contributed by atoms with Gasteiger partial charge in [-0.25, -0.2) is 4.39 Å². The molecule has 1 aliphatic heterocycles. The molecule has 0 unspecified atom stereocenters. The molecule has 0 aromatic carbocycles. The zero-order valence-electron chi connectivity index (χ0n) is 13.0. The molecule has 1 saturated heterocycles. The van der Waals surface area contributed by atoms with E-state index in [0.717, 1.165) is 25.7 Å². The van der Waals surface area contributed by atoms with Crippen LogP contribution in [0.4, 0.5) is 4.39 Å². The fraction of sp³-hybridized carbons (Fsp3) is 0.875. The van der Waals surface area contributed by atoms with Crippen LogP contribution in [-0.4, -0.2) is 52.9 Å². The molecule has 1 heterocycles. The van der Waals surface area contributed by atoms with Gasteiger partial charge in [0.2, 0.25) is 5.91 Å². The highest BCUT2D eigenvalue weighted by Gasteiger charge is 2.47. The number of nitrogens with one attached hydrogen (secondary N) is 1. The van der Waals surface area contributed by atoms with Crippen LogP contribution in [0.5, 0.6) is 0 Å². The average molecular weight is 309 g/mol. The Morgan fingerprint density at radius 3 is 2.64 bits per heavy atom. The molecule has 2 N–H and O–H groups in total. The number of carbonyl (C=O) groups is 1. The lowest BCUT2D eigenvalue weighted by Gasteiger charge is -2.29. The molecule has 3 rings (SSSR count). The van der Waals surface area contributed by atoms with E-state index in [1.54, 1.807) is 0 Å². The second kappa shape index (κ2) is 5.78. The summed E-state index contributed by atoms with van der Waals surface area (Å²) in [6.07, 6.45) is 2.54. The van der Waals surface area contributed by atoms with Gasteiger partial charge in [0.15, 0.2) is 0 Å². The Hall–Kier alpha value is -1.19. The summed E-state index contributed by atoms with van der Waals surface area (Å²) in [6, 6.07) is 1.38. The second-order valence-corrected chi connectivity index (χ2v) is 7.49. The minimum atomic E-state index is -1.09. The molecule has 1 amide bonds. The van der Waals surface area contributed by atoms with Crippen molar-refractivity contribution in [3.63, 3.8) is 0 Å². The van der Waals surface area contributed by atoms with Crippen LogP contribution in [-0.2, 0) is 4.79 Å². The van der Waals surface area contributed by atoms with Crippen molar-refractivity contribution in [2.24, 2.45) is 11.8 Å². The number of aliphatic hydroxyl groups excluding tert-OH is 1. The number of alkyl halides is 1. The molecule has 0 aromatic rings. The minimum Gasteiger partial charge on any atom is -0.393 e. The largest absolute Gasteiger partial charge is 0.393 e. The summed E-state index contributed by atoms with van der Waals surface area (Å²) in [4.78, 5) is 13.6. The highest BCUT2D eigenvalue weighted by Crippen LogP contribution is 2.48. The molecule has 0 bridgehead atoms. The Morgan fingerprint density at radius 1 is 1.41 bits per heavy atom. The van der Waals surface area contributed by atoms with Crippen LogP contribution in [0.1, 0.15) is 39.0 Å². The van der Waals surface area contributed by atoms with Gasteiger partial charge in [0.05, 0.1) is 25.3 Å². The summed E-state index contributed by atoms with van der Waals surface area (Å²) >= 11 is 0. The predicted molar refractivity (Wildman–Crippen MR) is 78.5 cm³/mol. The first-order chi connectivity index (χ1) is 10.4. The van der Waals surface area contributed by atoms with Gasteiger partial charge in [-0.2, -0.15) is 5.26 Å². The smallest absolute Gasteiger partial charge is 0.237 e. The highest BCUT2D eigenvalue weighted by molar-refractivity contribution is 5.79. The zero-order valence-corrected chi connectivity index (χ0v) is 13.0. The number of carbonyl (C=O) groups excluding carboxylic acids is 1. The zero-order chi connectivity index (χ0) is 15.9. The summed E-state index contributed by atoms with van der Waals surface area (Å²) in [5, 5.41) is 22.0. The Labute approximate surface area is 130 Å². The van der Waals surface area contributed by atoms with E-state index in [2.05, 4.69) is 12.2 Å². The number of nitriles is 1. The van der Waals surface area contributed by atoms with E-state index in [0.29, 0.717) is 11.8 Å². The highest BCUT2D eigenvalue weighted by atomic mass is 19.1. The van der Waals surface area contributed by atoms with Crippen LogP contribution < -0.4 is 5.32 Å². The molecule has 22 heavy (non-hydrogen) atoms. The van der Waals surface area contributed by atoms with Crippen molar-refractivity contribution >= 4 is 5.91 Å². The van der Waals surface area contributed by atoms with Crippen molar-refractivity contribution < 1.29 is 14.3 Å². The van der Waals surface area contributed by atoms with Gasteiger partial charge in [-0.1, -0.05) is 0 Å². The number of likely N-dealkylation sites (tertiary alicyclic amines) is 1. The van der Waals surface area contributed by atoms with Gasteiger partial charge in [-0.15, -0.1) is 0 Å². The summed E-state index contributed by atoms with van der Waals surface area (Å²) < 4.78 is 13.4. The maximum absolute atomic E-state index is 13.4. The Bertz CT molecular complexity index is 478. The van der Waals surface area contributed by atoms with Crippen molar-refractivity contribution in [2.45, 2.75) is 62.9 Å². The van der Waals surface area contributed by atoms with E-state index in [-0.39, 0.29) is 37.1 Å². The monoisotopic (exact) mass is 309 g/mol. The molecule has 0 radical (unpaired) electrons. The van der Waals surface area contributed by atoms with Gasteiger partial charge in [0.25, 0.3) is 0 Å². The molecule has 3 aliphatic rings. The number of hydrogen-bond acceptors (Lipinski definition) is 4. The average Bonchev–Trinajstić information content (AvgIpc) is 3.07. The molecule has 122 valence electrons. The number of fused-ring (bicyclic) bond motifs is 1. The first-order valence-corrected chi connectivity index (χ1v) is 8.16. The van der Waals surface area contributed by atoms with Crippen LogP contribution in [0.15, 0.2) is 0 Å². The van der Waals surface area contributed by atoms with Gasteiger partial charge in [-0.05, 0) is 44.4 Å². The number of aliphatic hydroxyl groups is 1. The van der Waals surface area contributed by atoms with Crippen LogP contribution in [0.3, 0.4) is 0 Å². The van der Waals surface area contributed by atoms with Crippen LogP contribution in [0, 0.1) is 23.2 Å². The maximum atomic E-state index is 13.4. The van der Waals surface area contributed by atoms with Gasteiger partial charge >= 0.3 is 0 Å². The molecule has 6 heteroatoms. The molecule has 2 aliphatic carbocycles. The van der Waals surface area contributed by atoms with Crippen molar-refractivity contribution in [2.75, 3.05) is 13.1 Å². The molecular weight excluding hydrogens is 285 g/mol. The summed E-state index contributed by atoms with van der Waals surface area (Å²) in [5.74, 6) is 0.887. The quantitative estimate of drug-likeness (QED) is 0.815. The lowest BCUT2D eigenvalue weighted by Crippen LogP contribution is -2.48. The normalized spacial score (nSPS) is 44.1. The van der Waals surface area contributed by atoms with Crippen LogP contribution >= 0.6 is 0 Å². The molecule has 0 aromatic heterocycles. The Morgan fingerprint density at radius 2 is 2.05 bits per heavy atom. The maximum Gasteiger partial charge on any atom is 0.237 e. The molecule has 0 spiro atoms. The summed E-state index contributed by atoms with van der Waals surface area (Å²) in [6.45, 7) is 2.31. The van der Waals surface area contributed by atoms with E-state index in [1.807, 2.05) is 6.07 Å². The van der Waals surface area contributed by atoms with Crippen molar-refractivity contribution in [3.8, 4) is 6.07 Å². The first kappa shape index (κ1) is 15.7. The minimum absolute atomic E-state index is 0.0346. The third kappa shape index (κ3) is 2.97. The second-order valence-electron chi connectivity index (χ2n) is 7.49. The topological polar surface area (TPSA) is 76.4 Å². The summed E-state index contributed by atoms with van der Waals surface area (Å²) in [7, 11) is 0. The number of hydrogen-bond donors (Lipinski definition) is 2. The molecule has 6 atom stereocenters. The Balaban J connectivity index is 1.53. The fourth-order valence-corrected chi connectivity index (χ4v) is 4.64. The first-order valence-electron chi connectivity index (χ1n) is 8.16. The van der Waals surface area contributed by atoms with Crippen molar-refractivity contribution in [1.29, 1.82) is 5.26 Å². The standard InChI is InChI=1S/C16H24FN3O2/c1-16(5-10-2-14(21)3-11(10)6-16)19-8-15(22)20-9-12(17)4-13(20)7-18/h10-14,19,21H,2-6,8-9H2,1H3/t10-,11+,12-,13-,14-,16-/m0/s1. The van der Waals surface area contributed by atoms with E-state index < -0.39 is 12.2 Å². The van der Waals surface area contributed by atoms with E-state index >= 15 is 0 Å². The van der Waals surface area contributed by atoms with Crippen LogP contribution in [0.2, 0.25) is 0 Å². The lowest BCUT2D eigenvalue weighted by atomic mass is 9.96. The SMILES string of the molecule is C[C@@]1(NCC(=O)N2C[C@@H](F)C[C@H]2C#N)C[C@H]2C[C@@H](O)C[C@H]2C1. The molecule has 2 saturated carbocycles. The fourth-order valence-electron chi connectivity index (χ4n) is 4.64. The van der Waals surface area contributed by atoms with E-state index in [1.165, 1.54) is 4.90 Å². The van der Waals surface area contributed by atoms with Gasteiger partial charge in [-0.3, -0.25) is 4.79 Å². The van der Waals surface area contributed by atoms with Gasteiger partial charge in [0, 0.05) is 12.0 Å². The number of rotatable bonds is 3.